The summed E-state index contributed by atoms with van der Waals surface area (Å²) in [6, 6.07) is 3.67. The standard InChI is InChI=1S/C14H18F2O3/c1-8(2)14(18,13(17)19-4)9(3)10-6-5-7-11(15)12(10)16/h5-9,18H,1-4H3. The van der Waals surface area contributed by atoms with E-state index in [1.165, 1.54) is 19.1 Å². The lowest BCUT2D eigenvalue weighted by Crippen LogP contribution is -2.49. The van der Waals surface area contributed by atoms with Crippen molar-refractivity contribution in [2.45, 2.75) is 32.3 Å². The highest BCUT2D eigenvalue weighted by Gasteiger charge is 2.47. The number of carbonyl (C=O) groups is 1. The van der Waals surface area contributed by atoms with Crippen molar-refractivity contribution in [2.24, 2.45) is 5.92 Å². The average Bonchev–Trinajstić information content (AvgIpc) is 2.38. The number of carbonyl (C=O) groups excluding carboxylic acids is 1. The van der Waals surface area contributed by atoms with E-state index >= 15 is 0 Å². The molecule has 0 heterocycles. The van der Waals surface area contributed by atoms with E-state index in [0.29, 0.717) is 0 Å². The van der Waals surface area contributed by atoms with E-state index in [-0.39, 0.29) is 5.56 Å². The number of esters is 1. The maximum absolute atomic E-state index is 13.8. The third-order valence-corrected chi connectivity index (χ3v) is 3.50. The number of aliphatic hydroxyl groups is 1. The number of methoxy groups -OCH3 is 1. The molecule has 1 aromatic rings. The average molecular weight is 272 g/mol. The van der Waals surface area contributed by atoms with Gasteiger partial charge in [-0.2, -0.15) is 0 Å². The number of ether oxygens (including phenoxy) is 1. The first-order chi connectivity index (χ1) is 8.76. The first-order valence-corrected chi connectivity index (χ1v) is 6.01. The van der Waals surface area contributed by atoms with E-state index in [2.05, 4.69) is 4.74 Å². The van der Waals surface area contributed by atoms with Gasteiger partial charge in [0.15, 0.2) is 17.2 Å². The molecule has 0 fully saturated rings. The molecule has 0 aliphatic rings. The highest BCUT2D eigenvalue weighted by molar-refractivity contribution is 5.81. The second kappa shape index (κ2) is 5.65. The molecule has 0 aliphatic carbocycles. The van der Waals surface area contributed by atoms with Crippen LogP contribution in [0, 0.1) is 17.6 Å². The van der Waals surface area contributed by atoms with E-state index in [4.69, 9.17) is 0 Å². The minimum Gasteiger partial charge on any atom is -0.467 e. The zero-order valence-corrected chi connectivity index (χ0v) is 11.4. The molecule has 0 saturated carbocycles. The SMILES string of the molecule is COC(=O)C(O)(C(C)C)C(C)c1cccc(F)c1F. The van der Waals surface area contributed by atoms with E-state index < -0.39 is 35.0 Å². The second-order valence-electron chi connectivity index (χ2n) is 4.84. The predicted molar refractivity (Wildman–Crippen MR) is 66.6 cm³/mol. The van der Waals surface area contributed by atoms with Gasteiger partial charge in [0, 0.05) is 5.92 Å². The Labute approximate surface area is 111 Å². The van der Waals surface area contributed by atoms with Crippen LogP contribution in [0.2, 0.25) is 0 Å². The molecule has 106 valence electrons. The maximum Gasteiger partial charge on any atom is 0.338 e. The van der Waals surface area contributed by atoms with Gasteiger partial charge in [-0.05, 0) is 17.5 Å². The summed E-state index contributed by atoms with van der Waals surface area (Å²) in [5, 5.41) is 10.5. The monoisotopic (exact) mass is 272 g/mol. The number of rotatable bonds is 4. The summed E-state index contributed by atoms with van der Waals surface area (Å²) in [6.45, 7) is 4.70. The fraction of sp³-hybridized carbons (Fsp3) is 0.500. The molecule has 2 atom stereocenters. The molecule has 1 aromatic carbocycles. The zero-order valence-electron chi connectivity index (χ0n) is 11.4. The summed E-state index contributed by atoms with van der Waals surface area (Å²) in [6.07, 6.45) is 0. The molecule has 0 bridgehead atoms. The Kier molecular flexibility index (Phi) is 4.63. The van der Waals surface area contributed by atoms with Gasteiger partial charge >= 0.3 is 5.97 Å². The Morgan fingerprint density at radius 1 is 1.32 bits per heavy atom. The largest absolute Gasteiger partial charge is 0.467 e. The molecule has 0 amide bonds. The van der Waals surface area contributed by atoms with Crippen molar-refractivity contribution in [2.75, 3.05) is 7.11 Å². The molecular formula is C14H18F2O3. The van der Waals surface area contributed by atoms with Crippen molar-refractivity contribution >= 4 is 5.97 Å². The molecule has 0 aliphatic heterocycles. The molecule has 19 heavy (non-hydrogen) atoms. The lowest BCUT2D eigenvalue weighted by atomic mass is 9.76. The van der Waals surface area contributed by atoms with Crippen LogP contribution in [-0.4, -0.2) is 23.8 Å². The fourth-order valence-corrected chi connectivity index (χ4v) is 2.17. The highest BCUT2D eigenvalue weighted by atomic mass is 19.2. The fourth-order valence-electron chi connectivity index (χ4n) is 2.17. The first-order valence-electron chi connectivity index (χ1n) is 6.01. The van der Waals surface area contributed by atoms with Crippen LogP contribution in [0.5, 0.6) is 0 Å². The van der Waals surface area contributed by atoms with Crippen LogP contribution in [0.25, 0.3) is 0 Å². The zero-order chi connectivity index (χ0) is 14.8. The lowest BCUT2D eigenvalue weighted by Gasteiger charge is -2.35. The number of benzene rings is 1. The van der Waals surface area contributed by atoms with Gasteiger partial charge in [-0.1, -0.05) is 32.9 Å². The molecule has 2 unspecified atom stereocenters. The maximum atomic E-state index is 13.8. The van der Waals surface area contributed by atoms with Crippen molar-refractivity contribution in [3.63, 3.8) is 0 Å². The van der Waals surface area contributed by atoms with Gasteiger partial charge in [-0.15, -0.1) is 0 Å². The second-order valence-corrected chi connectivity index (χ2v) is 4.84. The summed E-state index contributed by atoms with van der Waals surface area (Å²) < 4.78 is 31.6. The minimum atomic E-state index is -1.91. The summed E-state index contributed by atoms with van der Waals surface area (Å²) >= 11 is 0. The van der Waals surface area contributed by atoms with E-state index in [1.54, 1.807) is 13.8 Å². The Morgan fingerprint density at radius 3 is 2.37 bits per heavy atom. The minimum absolute atomic E-state index is 0.0541. The molecule has 3 nitrogen and oxygen atoms in total. The van der Waals surface area contributed by atoms with Gasteiger partial charge < -0.3 is 9.84 Å². The van der Waals surface area contributed by atoms with Crippen molar-refractivity contribution in [1.82, 2.24) is 0 Å². The molecule has 0 radical (unpaired) electrons. The van der Waals surface area contributed by atoms with Crippen molar-refractivity contribution in [3.8, 4) is 0 Å². The summed E-state index contributed by atoms with van der Waals surface area (Å²) in [5.41, 5.74) is -1.97. The molecule has 0 saturated heterocycles. The molecule has 5 heteroatoms. The molecule has 1 N–H and O–H groups in total. The van der Waals surface area contributed by atoms with Crippen molar-refractivity contribution < 1.29 is 23.4 Å². The molecule has 0 aromatic heterocycles. The molecular weight excluding hydrogens is 254 g/mol. The Morgan fingerprint density at radius 2 is 1.89 bits per heavy atom. The van der Waals surface area contributed by atoms with Gasteiger partial charge in [0.05, 0.1) is 7.11 Å². The Hall–Kier alpha value is -1.49. The van der Waals surface area contributed by atoms with Crippen LogP contribution >= 0.6 is 0 Å². The Balaban J connectivity index is 3.32. The smallest absolute Gasteiger partial charge is 0.338 e. The van der Waals surface area contributed by atoms with Crippen LogP contribution in [0.4, 0.5) is 8.78 Å². The quantitative estimate of drug-likeness (QED) is 0.857. The van der Waals surface area contributed by atoms with E-state index in [9.17, 15) is 18.7 Å². The van der Waals surface area contributed by atoms with Crippen LogP contribution in [0.15, 0.2) is 18.2 Å². The molecule has 1 rings (SSSR count). The first kappa shape index (κ1) is 15.6. The van der Waals surface area contributed by atoms with Crippen LogP contribution in [0.3, 0.4) is 0 Å². The van der Waals surface area contributed by atoms with Crippen molar-refractivity contribution in [1.29, 1.82) is 0 Å². The topological polar surface area (TPSA) is 46.5 Å². The molecule has 0 spiro atoms. The van der Waals surface area contributed by atoms with Gasteiger partial charge in [-0.25, -0.2) is 13.6 Å². The van der Waals surface area contributed by atoms with Crippen LogP contribution in [0.1, 0.15) is 32.3 Å². The van der Waals surface area contributed by atoms with E-state index in [1.807, 2.05) is 0 Å². The summed E-state index contributed by atoms with van der Waals surface area (Å²) in [7, 11) is 1.14. The Bertz CT molecular complexity index is 474. The van der Waals surface area contributed by atoms with Crippen molar-refractivity contribution in [3.05, 3.63) is 35.4 Å². The third-order valence-electron chi connectivity index (χ3n) is 3.50. The van der Waals surface area contributed by atoms with E-state index in [0.717, 1.165) is 13.2 Å². The van der Waals surface area contributed by atoms with Crippen LogP contribution < -0.4 is 0 Å². The van der Waals surface area contributed by atoms with Gasteiger partial charge in [0.25, 0.3) is 0 Å². The highest BCUT2D eigenvalue weighted by Crippen LogP contribution is 2.36. The number of hydrogen-bond donors (Lipinski definition) is 1. The number of hydrogen-bond acceptors (Lipinski definition) is 3. The third kappa shape index (κ3) is 2.61. The van der Waals surface area contributed by atoms with Gasteiger partial charge in [0.2, 0.25) is 0 Å². The summed E-state index contributed by atoms with van der Waals surface area (Å²) in [4.78, 5) is 11.8. The van der Waals surface area contributed by atoms with Gasteiger partial charge in [0.1, 0.15) is 0 Å². The van der Waals surface area contributed by atoms with Gasteiger partial charge in [-0.3, -0.25) is 0 Å². The normalized spacial score (nSPS) is 16.0. The predicted octanol–water partition coefficient (Wildman–Crippen LogP) is 2.63. The number of halogens is 2. The summed E-state index contributed by atoms with van der Waals surface area (Å²) in [5.74, 6) is -4.38. The van der Waals surface area contributed by atoms with Crippen LogP contribution in [-0.2, 0) is 9.53 Å². The lowest BCUT2D eigenvalue weighted by molar-refractivity contribution is -0.170.